The van der Waals surface area contributed by atoms with Gasteiger partial charge in [-0.2, -0.15) is 5.26 Å². The zero-order chi connectivity index (χ0) is 21.0. The van der Waals surface area contributed by atoms with Crippen molar-refractivity contribution in [3.63, 3.8) is 0 Å². The summed E-state index contributed by atoms with van der Waals surface area (Å²) in [6, 6.07) is 7.89. The number of aromatic nitrogens is 1. The zero-order valence-electron chi connectivity index (χ0n) is 17.5. The predicted octanol–water partition coefficient (Wildman–Crippen LogP) is 4.47. The van der Waals surface area contributed by atoms with E-state index in [1.54, 1.807) is 0 Å². The number of fused-ring (bicyclic) bond motifs is 2. The van der Waals surface area contributed by atoms with E-state index in [0.29, 0.717) is 17.8 Å². The third kappa shape index (κ3) is 3.09. The van der Waals surface area contributed by atoms with Crippen LogP contribution in [0, 0.1) is 23.7 Å². The number of amides is 1. The van der Waals surface area contributed by atoms with Gasteiger partial charge in [0.2, 0.25) is 0 Å². The smallest absolute Gasteiger partial charge is 0.408 e. The van der Waals surface area contributed by atoms with Gasteiger partial charge in [0.15, 0.2) is 0 Å². The Labute approximate surface area is 170 Å². The Morgan fingerprint density at radius 3 is 2.72 bits per heavy atom. The number of hydrogen-bond acceptors (Lipinski definition) is 4. The number of aldehydes is 1. The van der Waals surface area contributed by atoms with Crippen molar-refractivity contribution in [3.05, 3.63) is 35.0 Å². The molecule has 152 valence electrons. The monoisotopic (exact) mass is 393 g/mol. The van der Waals surface area contributed by atoms with Crippen LogP contribution in [0.1, 0.15) is 68.1 Å². The van der Waals surface area contributed by atoms with Crippen LogP contribution in [0.15, 0.2) is 18.2 Å². The maximum Gasteiger partial charge on any atom is 0.408 e. The second kappa shape index (κ2) is 6.35. The number of benzene rings is 1. The normalized spacial score (nSPS) is 24.9. The summed E-state index contributed by atoms with van der Waals surface area (Å²) < 4.78 is 7.48. The lowest BCUT2D eigenvalue weighted by Gasteiger charge is -2.37. The highest BCUT2D eigenvalue weighted by atomic mass is 16.6. The molecule has 2 aliphatic carbocycles. The Kier molecular flexibility index (Phi) is 4.27. The molecule has 1 amide bonds. The molecule has 6 nitrogen and oxygen atoms in total. The third-order valence-corrected chi connectivity index (χ3v) is 6.75. The summed E-state index contributed by atoms with van der Waals surface area (Å²) in [6.45, 7) is 8.22. The van der Waals surface area contributed by atoms with Crippen LogP contribution in [0.3, 0.4) is 0 Å². The molecule has 0 saturated heterocycles. The van der Waals surface area contributed by atoms with Crippen molar-refractivity contribution in [3.8, 4) is 6.07 Å². The van der Waals surface area contributed by atoms with Gasteiger partial charge in [-0.1, -0.05) is 0 Å². The number of nitrogens with one attached hydrogen (secondary N) is 1. The fraction of sp³-hybridized carbons (Fsp3) is 0.522. The van der Waals surface area contributed by atoms with Gasteiger partial charge in [0.25, 0.3) is 0 Å². The Morgan fingerprint density at radius 1 is 1.38 bits per heavy atom. The average molecular weight is 393 g/mol. The van der Waals surface area contributed by atoms with E-state index in [1.807, 2.05) is 50.5 Å². The highest BCUT2D eigenvalue weighted by Crippen LogP contribution is 2.72. The van der Waals surface area contributed by atoms with E-state index in [1.165, 1.54) is 0 Å². The molecule has 1 N–H and O–H groups in total. The maximum atomic E-state index is 12.2. The van der Waals surface area contributed by atoms with Crippen molar-refractivity contribution in [2.45, 2.75) is 71.1 Å². The van der Waals surface area contributed by atoms with Crippen molar-refractivity contribution in [1.82, 2.24) is 9.88 Å². The zero-order valence-corrected chi connectivity index (χ0v) is 17.5. The van der Waals surface area contributed by atoms with Gasteiger partial charge in [-0.05, 0) is 82.6 Å². The number of aryl methyl sites for hydroxylation is 2. The predicted molar refractivity (Wildman–Crippen MR) is 110 cm³/mol. The van der Waals surface area contributed by atoms with Crippen LogP contribution in [0.25, 0.3) is 10.9 Å². The quantitative estimate of drug-likeness (QED) is 0.760. The van der Waals surface area contributed by atoms with Crippen molar-refractivity contribution in [2.75, 3.05) is 0 Å². The minimum atomic E-state index is -0.508. The molecule has 2 unspecified atom stereocenters. The number of carbonyl (C=O) groups excluding carboxylic acids is 2. The van der Waals surface area contributed by atoms with Crippen LogP contribution < -0.4 is 5.32 Å². The topological polar surface area (TPSA) is 84.1 Å². The summed E-state index contributed by atoms with van der Waals surface area (Å²) in [7, 11) is 0. The highest BCUT2D eigenvalue weighted by molar-refractivity contribution is 5.92. The molecular formula is C23H27N3O3. The Balaban J connectivity index is 1.51. The molecule has 2 aromatic rings. The fourth-order valence-corrected chi connectivity index (χ4v) is 4.96. The van der Waals surface area contributed by atoms with Crippen LogP contribution in [0.2, 0.25) is 0 Å². The standard InChI is InChI=1S/C23H27N3O3/c1-15-16(13-27)5-6-19-18(15)11-17(12-24)26(19)10-9-22-7-8-23(22,14-22)25-20(28)29-21(2,3)4/h5-6,11,13H,7-10,14H2,1-4H3,(H,25,28). The number of rotatable bonds is 5. The lowest BCUT2D eigenvalue weighted by molar-refractivity contribution is 0.0427. The molecule has 2 atom stereocenters. The minimum absolute atomic E-state index is 0.102. The van der Waals surface area contributed by atoms with Gasteiger partial charge in [0.1, 0.15) is 23.7 Å². The lowest BCUT2D eigenvalue weighted by Crippen LogP contribution is -2.49. The van der Waals surface area contributed by atoms with Gasteiger partial charge >= 0.3 is 6.09 Å². The molecule has 0 spiro atoms. The first-order valence-electron chi connectivity index (χ1n) is 10.1. The van der Waals surface area contributed by atoms with E-state index >= 15 is 0 Å². The molecule has 2 aliphatic rings. The van der Waals surface area contributed by atoms with Crippen LogP contribution in [-0.2, 0) is 11.3 Å². The van der Waals surface area contributed by atoms with Gasteiger partial charge < -0.3 is 14.6 Å². The number of nitriles is 1. The maximum absolute atomic E-state index is 12.2. The molecule has 0 bridgehead atoms. The van der Waals surface area contributed by atoms with E-state index in [2.05, 4.69) is 11.4 Å². The van der Waals surface area contributed by atoms with Gasteiger partial charge in [0, 0.05) is 28.6 Å². The second-order valence-corrected chi connectivity index (χ2v) is 9.54. The highest BCUT2D eigenvalue weighted by Gasteiger charge is 2.74. The molecular weight excluding hydrogens is 366 g/mol. The van der Waals surface area contributed by atoms with E-state index in [4.69, 9.17) is 4.74 Å². The van der Waals surface area contributed by atoms with Crippen molar-refractivity contribution in [1.29, 1.82) is 5.26 Å². The van der Waals surface area contributed by atoms with Gasteiger partial charge in [-0.3, -0.25) is 4.79 Å². The molecule has 2 saturated carbocycles. The molecule has 4 rings (SSSR count). The lowest BCUT2D eigenvalue weighted by atomic mass is 9.77. The van der Waals surface area contributed by atoms with Crippen LogP contribution in [0.4, 0.5) is 4.79 Å². The van der Waals surface area contributed by atoms with E-state index in [0.717, 1.165) is 48.4 Å². The fourth-order valence-electron chi connectivity index (χ4n) is 4.96. The first-order valence-corrected chi connectivity index (χ1v) is 10.1. The first-order chi connectivity index (χ1) is 13.6. The number of carbonyl (C=O) groups is 2. The number of nitrogens with zero attached hydrogens (tertiary/aromatic N) is 2. The van der Waals surface area contributed by atoms with E-state index in [9.17, 15) is 14.9 Å². The largest absolute Gasteiger partial charge is 0.444 e. The van der Waals surface area contributed by atoms with Crippen molar-refractivity contribution in [2.24, 2.45) is 5.41 Å². The Hall–Kier alpha value is -2.81. The molecule has 1 aromatic carbocycles. The second-order valence-electron chi connectivity index (χ2n) is 9.54. The third-order valence-electron chi connectivity index (χ3n) is 6.75. The number of ether oxygens (including phenoxy) is 1. The van der Waals surface area contributed by atoms with Crippen LogP contribution >= 0.6 is 0 Å². The summed E-state index contributed by atoms with van der Waals surface area (Å²) in [4.78, 5) is 23.5. The summed E-state index contributed by atoms with van der Waals surface area (Å²) in [6.07, 6.45) is 4.43. The van der Waals surface area contributed by atoms with Crippen molar-refractivity contribution < 1.29 is 14.3 Å². The molecule has 6 heteroatoms. The number of alkyl carbamates (subject to hydrolysis) is 1. The van der Waals surface area contributed by atoms with Crippen LogP contribution in [-0.4, -0.2) is 28.1 Å². The van der Waals surface area contributed by atoms with Gasteiger partial charge in [0.05, 0.1) is 0 Å². The minimum Gasteiger partial charge on any atom is -0.444 e. The molecule has 2 fully saturated rings. The van der Waals surface area contributed by atoms with Crippen molar-refractivity contribution >= 4 is 23.3 Å². The van der Waals surface area contributed by atoms with E-state index < -0.39 is 5.60 Å². The van der Waals surface area contributed by atoms with Gasteiger partial charge in [-0.25, -0.2) is 4.79 Å². The molecule has 1 aromatic heterocycles. The molecule has 1 heterocycles. The number of hydrogen-bond donors (Lipinski definition) is 1. The molecule has 0 radical (unpaired) electrons. The molecule has 0 aliphatic heterocycles. The summed E-state index contributed by atoms with van der Waals surface area (Å²) in [5, 5.41) is 13.7. The van der Waals surface area contributed by atoms with E-state index in [-0.39, 0.29) is 17.0 Å². The SMILES string of the molecule is Cc1c(C=O)ccc2c1cc(C#N)n2CCC12CCC1(NC(=O)OC(C)(C)C)C2. The summed E-state index contributed by atoms with van der Waals surface area (Å²) >= 11 is 0. The van der Waals surface area contributed by atoms with Crippen LogP contribution in [0.5, 0.6) is 0 Å². The summed E-state index contributed by atoms with van der Waals surface area (Å²) in [5.41, 5.74) is 2.59. The first kappa shape index (κ1) is 19.5. The van der Waals surface area contributed by atoms with Gasteiger partial charge in [-0.15, -0.1) is 0 Å². The average Bonchev–Trinajstić information content (AvgIpc) is 2.93. The molecule has 29 heavy (non-hydrogen) atoms. The Bertz CT molecular complexity index is 1060. The summed E-state index contributed by atoms with van der Waals surface area (Å²) in [5.74, 6) is 0. The Morgan fingerprint density at radius 2 is 2.14 bits per heavy atom.